The topological polar surface area (TPSA) is 76.0 Å². The summed E-state index contributed by atoms with van der Waals surface area (Å²) in [6.45, 7) is 5.56. The number of amides is 2. The fraction of sp³-hybridized carbons (Fsp3) is 0.500. The zero-order valence-electron chi connectivity index (χ0n) is 16.9. The van der Waals surface area contributed by atoms with Crippen molar-refractivity contribution in [3.63, 3.8) is 0 Å². The lowest BCUT2D eigenvalue weighted by atomic mass is 10.1. The van der Waals surface area contributed by atoms with Gasteiger partial charge in [0.1, 0.15) is 5.69 Å². The second-order valence-electron chi connectivity index (χ2n) is 7.27. The first-order chi connectivity index (χ1) is 13.7. The van der Waals surface area contributed by atoms with Gasteiger partial charge in [-0.3, -0.25) is 9.59 Å². The predicted molar refractivity (Wildman–Crippen MR) is 111 cm³/mol. The van der Waals surface area contributed by atoms with Crippen molar-refractivity contribution in [2.24, 2.45) is 0 Å². The van der Waals surface area contributed by atoms with Crippen LogP contribution in [0.5, 0.6) is 0 Å². The van der Waals surface area contributed by atoms with Crippen molar-refractivity contribution in [2.45, 2.75) is 65.3 Å². The van der Waals surface area contributed by atoms with Gasteiger partial charge in [0.25, 0.3) is 11.8 Å². The third kappa shape index (κ3) is 4.43. The van der Waals surface area contributed by atoms with Crippen LogP contribution in [0.25, 0.3) is 0 Å². The van der Waals surface area contributed by atoms with Gasteiger partial charge in [-0.2, -0.15) is 0 Å². The number of rotatable bonds is 8. The number of imidazole rings is 1. The summed E-state index contributed by atoms with van der Waals surface area (Å²) in [4.78, 5) is 30.1. The van der Waals surface area contributed by atoms with Gasteiger partial charge in [-0.25, -0.2) is 4.98 Å². The number of nitrogens with one attached hydrogen (secondary N) is 2. The van der Waals surface area contributed by atoms with Crippen LogP contribution in [-0.2, 0) is 19.4 Å². The predicted octanol–water partition coefficient (Wildman–Crippen LogP) is 3.95. The minimum absolute atomic E-state index is 0.172. The Bertz CT molecular complexity index is 841. The van der Waals surface area contributed by atoms with Crippen molar-refractivity contribution >= 4 is 17.5 Å². The molecule has 2 heterocycles. The number of anilines is 1. The number of carbonyl (C=O) groups is 2. The van der Waals surface area contributed by atoms with E-state index in [1.807, 2.05) is 28.8 Å². The van der Waals surface area contributed by atoms with E-state index in [-0.39, 0.29) is 11.8 Å². The lowest BCUT2D eigenvalue weighted by molar-refractivity contribution is 0.0947. The van der Waals surface area contributed by atoms with Gasteiger partial charge in [0.2, 0.25) is 0 Å². The van der Waals surface area contributed by atoms with Crippen LogP contribution in [0.1, 0.15) is 78.3 Å². The van der Waals surface area contributed by atoms with Gasteiger partial charge in [0.05, 0.1) is 5.69 Å². The van der Waals surface area contributed by atoms with Crippen LogP contribution in [0.4, 0.5) is 5.69 Å². The number of aryl methyl sites for hydroxylation is 1. The summed E-state index contributed by atoms with van der Waals surface area (Å²) in [6, 6.07) is 7.78. The van der Waals surface area contributed by atoms with E-state index in [4.69, 9.17) is 0 Å². The van der Waals surface area contributed by atoms with Crippen LogP contribution in [-0.4, -0.2) is 27.9 Å². The Morgan fingerprint density at radius 3 is 2.71 bits per heavy atom. The summed E-state index contributed by atoms with van der Waals surface area (Å²) in [6.07, 6.45) is 6.78. The van der Waals surface area contributed by atoms with Crippen molar-refractivity contribution in [1.29, 1.82) is 0 Å². The quantitative estimate of drug-likeness (QED) is 0.679. The Morgan fingerprint density at radius 1 is 1.11 bits per heavy atom. The van der Waals surface area contributed by atoms with Crippen molar-refractivity contribution in [2.75, 3.05) is 11.9 Å². The van der Waals surface area contributed by atoms with Crippen LogP contribution in [0.15, 0.2) is 24.3 Å². The first-order valence-corrected chi connectivity index (χ1v) is 10.4. The third-order valence-corrected chi connectivity index (χ3v) is 5.25. The maximum absolute atomic E-state index is 13.0. The first-order valence-electron chi connectivity index (χ1n) is 10.4. The molecule has 0 saturated carbocycles. The molecule has 0 atom stereocenters. The van der Waals surface area contributed by atoms with Gasteiger partial charge >= 0.3 is 0 Å². The molecule has 1 aromatic carbocycles. The summed E-state index contributed by atoms with van der Waals surface area (Å²) < 4.78 is 1.92. The maximum Gasteiger partial charge on any atom is 0.291 e. The molecule has 1 aromatic heterocycles. The van der Waals surface area contributed by atoms with Crippen LogP contribution in [0.3, 0.4) is 0 Å². The molecule has 0 saturated heterocycles. The number of benzene rings is 1. The van der Waals surface area contributed by atoms with Gasteiger partial charge in [-0.15, -0.1) is 0 Å². The average molecular weight is 383 g/mol. The average Bonchev–Trinajstić information content (AvgIpc) is 3.11. The fourth-order valence-corrected chi connectivity index (χ4v) is 3.69. The number of para-hydroxylation sites is 1. The lowest BCUT2D eigenvalue weighted by Gasteiger charge is -2.17. The van der Waals surface area contributed by atoms with Crippen LogP contribution >= 0.6 is 0 Å². The Morgan fingerprint density at radius 2 is 1.93 bits per heavy atom. The minimum Gasteiger partial charge on any atom is -0.351 e. The zero-order chi connectivity index (χ0) is 19.9. The first kappa shape index (κ1) is 20.1. The molecule has 1 aliphatic heterocycles. The molecule has 28 heavy (non-hydrogen) atoms. The third-order valence-electron chi connectivity index (χ3n) is 5.25. The number of hydrogen-bond acceptors (Lipinski definition) is 3. The van der Waals surface area contributed by atoms with E-state index in [1.54, 1.807) is 0 Å². The van der Waals surface area contributed by atoms with Gasteiger partial charge < -0.3 is 15.2 Å². The molecule has 0 bridgehead atoms. The Labute approximate surface area is 166 Å². The summed E-state index contributed by atoms with van der Waals surface area (Å²) >= 11 is 0. The van der Waals surface area contributed by atoms with Crippen molar-refractivity contribution < 1.29 is 9.59 Å². The number of hydrogen-bond donors (Lipinski definition) is 2. The molecule has 1 aliphatic rings. The van der Waals surface area contributed by atoms with Crippen molar-refractivity contribution in [3.8, 4) is 0 Å². The number of aromatic nitrogens is 2. The fourth-order valence-electron chi connectivity index (χ4n) is 3.69. The largest absolute Gasteiger partial charge is 0.351 e. The van der Waals surface area contributed by atoms with E-state index in [1.165, 1.54) is 0 Å². The number of carbonyl (C=O) groups excluding carboxylic acids is 2. The standard InChI is InChI=1S/C22H30N4O2/c1-3-5-9-14-23-21(27)19-18-13-8-10-15-26(18)20(25-19)22(28)24-17-12-7-6-11-16(17)4-2/h6-7,11-12H,3-5,8-10,13-15H2,1-2H3,(H,23,27)(H,24,28). The molecule has 2 aromatic rings. The monoisotopic (exact) mass is 382 g/mol. The molecular formula is C22H30N4O2. The van der Waals surface area contributed by atoms with E-state index in [9.17, 15) is 9.59 Å². The highest BCUT2D eigenvalue weighted by atomic mass is 16.2. The molecule has 150 valence electrons. The molecule has 3 rings (SSSR count). The molecule has 2 amide bonds. The summed E-state index contributed by atoms with van der Waals surface area (Å²) in [5.41, 5.74) is 3.17. The van der Waals surface area contributed by atoms with Gasteiger partial charge in [0, 0.05) is 18.8 Å². The Kier molecular flexibility index (Phi) is 6.85. The maximum atomic E-state index is 13.0. The minimum atomic E-state index is -0.255. The molecule has 0 unspecified atom stereocenters. The van der Waals surface area contributed by atoms with Crippen LogP contribution in [0, 0.1) is 0 Å². The summed E-state index contributed by atoms with van der Waals surface area (Å²) in [5.74, 6) is -0.0943. The van der Waals surface area contributed by atoms with E-state index in [0.717, 1.165) is 68.4 Å². The summed E-state index contributed by atoms with van der Waals surface area (Å²) in [5, 5.41) is 5.94. The Hall–Kier alpha value is -2.63. The number of nitrogens with zero attached hydrogens (tertiary/aromatic N) is 2. The molecule has 0 aliphatic carbocycles. The normalized spacial score (nSPS) is 13.1. The SMILES string of the molecule is CCCCCNC(=O)c1nc(C(=O)Nc2ccccc2CC)n2c1CCCC2. The van der Waals surface area contributed by atoms with Crippen molar-refractivity contribution in [3.05, 3.63) is 47.0 Å². The van der Waals surface area contributed by atoms with Gasteiger partial charge in [0.15, 0.2) is 5.82 Å². The molecule has 0 spiro atoms. The highest BCUT2D eigenvalue weighted by Gasteiger charge is 2.27. The highest BCUT2D eigenvalue weighted by molar-refractivity contribution is 6.04. The van der Waals surface area contributed by atoms with E-state index in [0.29, 0.717) is 18.1 Å². The lowest BCUT2D eigenvalue weighted by Crippen LogP contribution is -2.26. The van der Waals surface area contributed by atoms with Crippen LogP contribution in [0.2, 0.25) is 0 Å². The molecule has 0 radical (unpaired) electrons. The van der Waals surface area contributed by atoms with Crippen LogP contribution < -0.4 is 10.6 Å². The molecule has 0 fully saturated rings. The second-order valence-corrected chi connectivity index (χ2v) is 7.27. The van der Waals surface area contributed by atoms with E-state index >= 15 is 0 Å². The van der Waals surface area contributed by atoms with Gasteiger partial charge in [-0.1, -0.05) is 44.9 Å². The van der Waals surface area contributed by atoms with E-state index < -0.39 is 0 Å². The second kappa shape index (κ2) is 9.53. The molecule has 2 N–H and O–H groups in total. The molecule has 6 heteroatoms. The van der Waals surface area contributed by atoms with Crippen molar-refractivity contribution in [1.82, 2.24) is 14.9 Å². The Balaban J connectivity index is 1.82. The number of unbranched alkanes of at least 4 members (excludes halogenated alkanes) is 2. The summed E-state index contributed by atoms with van der Waals surface area (Å²) in [7, 11) is 0. The zero-order valence-corrected chi connectivity index (χ0v) is 16.9. The number of fused-ring (bicyclic) bond motifs is 1. The highest BCUT2D eigenvalue weighted by Crippen LogP contribution is 2.23. The smallest absolute Gasteiger partial charge is 0.291 e. The van der Waals surface area contributed by atoms with E-state index in [2.05, 4.69) is 29.5 Å². The molecular weight excluding hydrogens is 352 g/mol. The molecule has 6 nitrogen and oxygen atoms in total. The van der Waals surface area contributed by atoms with Gasteiger partial charge in [-0.05, 0) is 43.7 Å².